The van der Waals surface area contributed by atoms with E-state index < -0.39 is 0 Å². The van der Waals surface area contributed by atoms with Crippen LogP contribution in [0.25, 0.3) is 0 Å². The standard InChI is InChI=1S/C12H17N3O.2ClH/c13-12(16)11-3-6-15(7-4-11)9-10-2-1-5-14-8-10;;/h1-2,5,8,11H,3-4,6-7,9H2,(H2,13,16);2*1H. The molecule has 1 fully saturated rings. The summed E-state index contributed by atoms with van der Waals surface area (Å²) in [4.78, 5) is 17.4. The zero-order valence-electron chi connectivity index (χ0n) is 10.1. The van der Waals surface area contributed by atoms with Crippen molar-refractivity contribution in [3.63, 3.8) is 0 Å². The van der Waals surface area contributed by atoms with Crippen molar-refractivity contribution in [1.29, 1.82) is 0 Å². The van der Waals surface area contributed by atoms with E-state index in [-0.39, 0.29) is 36.6 Å². The van der Waals surface area contributed by atoms with Crippen molar-refractivity contribution >= 4 is 30.7 Å². The smallest absolute Gasteiger partial charge is 0.220 e. The molecule has 2 heterocycles. The summed E-state index contributed by atoms with van der Waals surface area (Å²) in [7, 11) is 0. The highest BCUT2D eigenvalue weighted by Gasteiger charge is 2.22. The maximum atomic E-state index is 11.0. The molecule has 0 unspecified atom stereocenters. The Morgan fingerprint density at radius 2 is 2.06 bits per heavy atom. The maximum Gasteiger partial charge on any atom is 0.220 e. The van der Waals surface area contributed by atoms with Gasteiger partial charge in [-0.2, -0.15) is 0 Å². The fourth-order valence-electron chi connectivity index (χ4n) is 2.13. The molecule has 0 radical (unpaired) electrons. The number of hydrogen-bond acceptors (Lipinski definition) is 3. The first-order valence-electron chi connectivity index (χ1n) is 5.66. The van der Waals surface area contributed by atoms with Gasteiger partial charge in [0.1, 0.15) is 0 Å². The van der Waals surface area contributed by atoms with Gasteiger partial charge in [-0.05, 0) is 37.6 Å². The third-order valence-corrected chi connectivity index (χ3v) is 3.12. The predicted molar refractivity (Wildman–Crippen MR) is 75.9 cm³/mol. The minimum Gasteiger partial charge on any atom is -0.369 e. The average molecular weight is 292 g/mol. The van der Waals surface area contributed by atoms with Gasteiger partial charge < -0.3 is 5.73 Å². The van der Waals surface area contributed by atoms with E-state index in [1.165, 1.54) is 5.56 Å². The van der Waals surface area contributed by atoms with Crippen LogP contribution in [0.15, 0.2) is 24.5 Å². The summed E-state index contributed by atoms with van der Waals surface area (Å²) in [5.41, 5.74) is 6.52. The first-order valence-corrected chi connectivity index (χ1v) is 5.66. The highest BCUT2D eigenvalue weighted by molar-refractivity contribution is 5.85. The van der Waals surface area contributed by atoms with E-state index >= 15 is 0 Å². The van der Waals surface area contributed by atoms with Crippen LogP contribution in [0, 0.1) is 5.92 Å². The predicted octanol–water partition coefficient (Wildman–Crippen LogP) is 1.62. The lowest BCUT2D eigenvalue weighted by Crippen LogP contribution is -2.38. The van der Waals surface area contributed by atoms with Crippen molar-refractivity contribution in [2.24, 2.45) is 11.7 Å². The van der Waals surface area contributed by atoms with Crippen LogP contribution in [0.2, 0.25) is 0 Å². The largest absolute Gasteiger partial charge is 0.369 e. The topological polar surface area (TPSA) is 59.2 Å². The Kier molecular flexibility index (Phi) is 7.91. The van der Waals surface area contributed by atoms with Crippen LogP contribution in [0.3, 0.4) is 0 Å². The number of nitrogens with zero attached hydrogens (tertiary/aromatic N) is 2. The van der Waals surface area contributed by atoms with Gasteiger partial charge in [-0.15, -0.1) is 24.8 Å². The maximum absolute atomic E-state index is 11.0. The molecule has 4 nitrogen and oxygen atoms in total. The Bertz CT molecular complexity index is 354. The van der Waals surface area contributed by atoms with E-state index in [1.54, 1.807) is 6.20 Å². The van der Waals surface area contributed by atoms with Gasteiger partial charge in [0, 0.05) is 24.9 Å². The summed E-state index contributed by atoms with van der Waals surface area (Å²) < 4.78 is 0. The Balaban J connectivity index is 0.00000144. The second-order valence-corrected chi connectivity index (χ2v) is 4.31. The third-order valence-electron chi connectivity index (χ3n) is 3.12. The number of likely N-dealkylation sites (tertiary alicyclic amines) is 1. The zero-order valence-corrected chi connectivity index (χ0v) is 11.8. The monoisotopic (exact) mass is 291 g/mol. The van der Waals surface area contributed by atoms with Crippen molar-refractivity contribution in [2.45, 2.75) is 19.4 Å². The zero-order chi connectivity index (χ0) is 11.4. The molecule has 0 saturated carbocycles. The average Bonchev–Trinajstić information content (AvgIpc) is 2.31. The van der Waals surface area contributed by atoms with Gasteiger partial charge in [0.25, 0.3) is 0 Å². The summed E-state index contributed by atoms with van der Waals surface area (Å²) >= 11 is 0. The van der Waals surface area contributed by atoms with Crippen molar-refractivity contribution in [2.75, 3.05) is 13.1 Å². The molecule has 18 heavy (non-hydrogen) atoms. The van der Waals surface area contributed by atoms with E-state index in [1.807, 2.05) is 12.3 Å². The Morgan fingerprint density at radius 3 is 2.56 bits per heavy atom. The second-order valence-electron chi connectivity index (χ2n) is 4.31. The molecule has 0 atom stereocenters. The van der Waals surface area contributed by atoms with Crippen LogP contribution in [0.5, 0.6) is 0 Å². The normalized spacial score (nSPS) is 16.4. The first kappa shape index (κ1) is 17.2. The van der Waals surface area contributed by atoms with Gasteiger partial charge in [-0.25, -0.2) is 0 Å². The van der Waals surface area contributed by atoms with Gasteiger partial charge in [0.05, 0.1) is 0 Å². The van der Waals surface area contributed by atoms with Crippen molar-refractivity contribution in [1.82, 2.24) is 9.88 Å². The molecule has 2 rings (SSSR count). The molecular weight excluding hydrogens is 273 g/mol. The summed E-state index contributed by atoms with van der Waals surface area (Å²) in [5, 5.41) is 0. The Morgan fingerprint density at radius 1 is 1.39 bits per heavy atom. The molecule has 1 aliphatic heterocycles. The van der Waals surface area contributed by atoms with Crippen molar-refractivity contribution in [3.05, 3.63) is 30.1 Å². The van der Waals surface area contributed by atoms with E-state index in [0.717, 1.165) is 32.5 Å². The van der Waals surface area contributed by atoms with Gasteiger partial charge >= 0.3 is 0 Å². The van der Waals surface area contributed by atoms with Crippen molar-refractivity contribution < 1.29 is 4.79 Å². The van der Waals surface area contributed by atoms with Crippen LogP contribution in [-0.4, -0.2) is 28.9 Å². The number of amides is 1. The number of hydrogen-bond donors (Lipinski definition) is 1. The highest BCUT2D eigenvalue weighted by atomic mass is 35.5. The second kappa shape index (κ2) is 8.29. The number of pyridine rings is 1. The summed E-state index contributed by atoms with van der Waals surface area (Å²) in [6.07, 6.45) is 5.44. The van der Waals surface area contributed by atoms with E-state index in [0.29, 0.717) is 0 Å². The molecule has 102 valence electrons. The fraction of sp³-hybridized carbons (Fsp3) is 0.500. The molecule has 0 aliphatic carbocycles. The SMILES string of the molecule is Cl.Cl.NC(=O)C1CCN(Cc2cccnc2)CC1. The lowest BCUT2D eigenvalue weighted by molar-refractivity contribution is -0.123. The lowest BCUT2D eigenvalue weighted by Gasteiger charge is -2.30. The number of halogens is 2. The molecule has 1 aromatic rings. The van der Waals surface area contributed by atoms with Crippen LogP contribution in [0.4, 0.5) is 0 Å². The molecule has 1 saturated heterocycles. The summed E-state index contributed by atoms with van der Waals surface area (Å²) in [6.45, 7) is 2.81. The third kappa shape index (κ3) is 4.80. The Hall–Kier alpha value is -0.840. The molecule has 0 spiro atoms. The van der Waals surface area contributed by atoms with E-state index in [4.69, 9.17) is 5.73 Å². The first-order chi connectivity index (χ1) is 7.75. The van der Waals surface area contributed by atoms with Crippen LogP contribution >= 0.6 is 24.8 Å². The number of piperidine rings is 1. The summed E-state index contributed by atoms with van der Waals surface area (Å²) in [5.74, 6) is -0.0776. The summed E-state index contributed by atoms with van der Waals surface area (Å²) in [6, 6.07) is 4.03. The van der Waals surface area contributed by atoms with Gasteiger partial charge in [-0.3, -0.25) is 14.7 Å². The molecule has 0 aromatic carbocycles. The molecule has 6 heteroatoms. The molecule has 2 N–H and O–H groups in total. The minimum atomic E-state index is -0.152. The van der Waals surface area contributed by atoms with Gasteiger partial charge in [-0.1, -0.05) is 6.07 Å². The quantitative estimate of drug-likeness (QED) is 0.921. The Labute approximate surface area is 120 Å². The fourth-order valence-corrected chi connectivity index (χ4v) is 2.13. The molecule has 1 aliphatic rings. The molecule has 0 bridgehead atoms. The van der Waals surface area contributed by atoms with Crippen LogP contribution in [-0.2, 0) is 11.3 Å². The van der Waals surface area contributed by atoms with Crippen molar-refractivity contribution in [3.8, 4) is 0 Å². The molecule has 1 amide bonds. The van der Waals surface area contributed by atoms with Gasteiger partial charge in [0.2, 0.25) is 5.91 Å². The highest BCUT2D eigenvalue weighted by Crippen LogP contribution is 2.18. The number of primary amides is 1. The van der Waals surface area contributed by atoms with Crippen LogP contribution < -0.4 is 5.73 Å². The number of nitrogens with two attached hydrogens (primary N) is 1. The molecular formula is C12H19Cl2N3O. The van der Waals surface area contributed by atoms with Crippen LogP contribution in [0.1, 0.15) is 18.4 Å². The van der Waals surface area contributed by atoms with Gasteiger partial charge in [0.15, 0.2) is 0 Å². The number of rotatable bonds is 3. The lowest BCUT2D eigenvalue weighted by atomic mass is 9.96. The number of carbonyl (C=O) groups excluding carboxylic acids is 1. The molecule has 1 aromatic heterocycles. The number of carbonyl (C=O) groups is 1. The van der Waals surface area contributed by atoms with E-state index in [9.17, 15) is 4.79 Å². The van der Waals surface area contributed by atoms with E-state index in [2.05, 4.69) is 16.0 Å². The minimum absolute atomic E-state index is 0. The number of aromatic nitrogens is 1.